The molecule has 442 valence electrons. The number of aliphatic hydroxyl groups is 1. The molecule has 0 saturated carbocycles. The molecule has 0 bridgehead atoms. The number of hydrogen-bond acceptors (Lipinski definition) is 14. The Labute approximate surface area is 488 Å². The molecule has 1 unspecified atom stereocenters. The quantitative estimate of drug-likeness (QED) is 0.0558. The van der Waals surface area contributed by atoms with Crippen LogP contribution in [-0.4, -0.2) is 176 Å². The van der Waals surface area contributed by atoms with Crippen LogP contribution >= 0.6 is 11.3 Å². The van der Waals surface area contributed by atoms with Gasteiger partial charge in [-0.15, -0.1) is 11.3 Å². The van der Waals surface area contributed by atoms with Gasteiger partial charge >= 0.3 is 0 Å². The molecule has 82 heavy (non-hydrogen) atoms. The number of nitrogens with zero attached hydrogens (tertiary/aromatic N) is 6. The number of aromatic nitrogens is 1. The van der Waals surface area contributed by atoms with Crippen molar-refractivity contribution >= 4 is 52.3 Å². The minimum atomic E-state index is -0.966. The Balaban J connectivity index is 0.757. The SMILES string of the molecule is CCN(c1cc(-c2ccc(CN3CCN(CCOCCOCC(=O)N[C@H](C(=O)N4C[C@H](O)C[C@H]4C(=O)N[C@@H](C)c4ccc(-c5scnc5C)cc4)C(C)(C)C)CC3)cc2)cc(C(=O)NCC2C(=O)N=C(C)C=C2C)c1C)C1CCOCC1. The zero-order valence-corrected chi connectivity index (χ0v) is 50.2. The third-order valence-electron chi connectivity index (χ3n) is 16.3. The van der Waals surface area contributed by atoms with E-state index in [2.05, 4.69) is 77.9 Å². The summed E-state index contributed by atoms with van der Waals surface area (Å²) in [6.07, 6.45) is 2.96. The van der Waals surface area contributed by atoms with Crippen LogP contribution in [-0.2, 0) is 39.9 Å². The van der Waals surface area contributed by atoms with Gasteiger partial charge in [-0.1, -0.05) is 74.9 Å². The smallest absolute Gasteiger partial charge is 0.254 e. The van der Waals surface area contributed by atoms with E-state index in [4.69, 9.17) is 14.2 Å². The Bertz CT molecular complexity index is 2920. The molecule has 4 aliphatic rings. The summed E-state index contributed by atoms with van der Waals surface area (Å²) in [4.78, 5) is 86.2. The van der Waals surface area contributed by atoms with Gasteiger partial charge in [-0.05, 0) is 111 Å². The van der Waals surface area contributed by atoms with Crippen LogP contribution < -0.4 is 20.9 Å². The number of allylic oxidation sites excluding steroid dienone is 1. The second-order valence-corrected chi connectivity index (χ2v) is 24.3. The summed E-state index contributed by atoms with van der Waals surface area (Å²) < 4.78 is 17.3. The highest BCUT2D eigenvalue weighted by atomic mass is 32.1. The number of rotatable bonds is 23. The van der Waals surface area contributed by atoms with Crippen LogP contribution in [0.25, 0.3) is 21.6 Å². The first-order valence-corrected chi connectivity index (χ1v) is 30.0. The molecule has 0 radical (unpaired) electrons. The van der Waals surface area contributed by atoms with E-state index >= 15 is 0 Å². The first kappa shape index (κ1) is 61.9. The number of aliphatic imine (C=N–C) groups is 1. The number of piperazine rings is 1. The Kier molecular flexibility index (Phi) is 21.4. The van der Waals surface area contributed by atoms with Gasteiger partial charge in [0.25, 0.3) is 11.8 Å². The molecule has 18 nitrogen and oxygen atoms in total. The molecule has 5 amide bonds. The lowest BCUT2D eigenvalue weighted by Crippen LogP contribution is -2.58. The standard InChI is InChI=1S/C63H85N9O9S/c1-10-71(50-19-26-79-27-20-50)54-33-49(32-52(42(54)4)59(75)64-35-53-40(2)31-41(3)66-60(53)76)47-13-11-45(12-14-47)36-70-23-21-69(22-24-70)25-28-80-29-30-81-38-56(74)68-58(63(7,8)9)62(78)72-37-51(73)34-55(72)61(77)67-43(5)46-15-17-48(18-16-46)57-44(6)65-39-82-57/h11-18,31-33,39,43,50-51,53,55,58,73H,10,19-30,34-38H2,1-9H3,(H,64,75)(H,67,77)(H,68,74)/t43-,51+,53?,55-,58+/m0/s1. The number of benzene rings is 3. The molecule has 0 aliphatic carbocycles. The molecule has 19 heteroatoms. The molecular formula is C63H85N9O9S. The largest absolute Gasteiger partial charge is 0.391 e. The van der Waals surface area contributed by atoms with Crippen molar-refractivity contribution in [3.63, 3.8) is 0 Å². The number of anilines is 1. The van der Waals surface area contributed by atoms with E-state index in [0.717, 1.165) is 108 Å². The van der Waals surface area contributed by atoms with Crippen LogP contribution in [0.4, 0.5) is 5.69 Å². The average Bonchev–Trinajstić information content (AvgIpc) is 3.83. The molecule has 5 atom stereocenters. The second kappa shape index (κ2) is 28.4. The first-order chi connectivity index (χ1) is 39.3. The highest BCUT2D eigenvalue weighted by molar-refractivity contribution is 7.13. The molecule has 3 fully saturated rings. The topological polar surface area (TPSA) is 208 Å². The lowest BCUT2D eigenvalue weighted by molar-refractivity contribution is -0.144. The van der Waals surface area contributed by atoms with E-state index in [1.807, 2.05) is 97.3 Å². The van der Waals surface area contributed by atoms with Crippen molar-refractivity contribution in [2.75, 3.05) is 96.9 Å². The zero-order valence-electron chi connectivity index (χ0n) is 49.4. The van der Waals surface area contributed by atoms with Crippen LogP contribution in [0.3, 0.4) is 0 Å². The molecule has 3 saturated heterocycles. The van der Waals surface area contributed by atoms with E-state index in [1.54, 1.807) is 11.3 Å². The number of thiazole rings is 1. The lowest BCUT2D eigenvalue weighted by Gasteiger charge is -2.37. The number of aryl methyl sites for hydroxylation is 1. The normalized spacial score (nSPS) is 20.0. The number of hydrogen-bond donors (Lipinski definition) is 4. The number of nitrogens with one attached hydrogen (secondary N) is 3. The van der Waals surface area contributed by atoms with E-state index in [9.17, 15) is 29.1 Å². The Morgan fingerprint density at radius 2 is 1.56 bits per heavy atom. The van der Waals surface area contributed by atoms with E-state index in [1.165, 1.54) is 10.5 Å². The summed E-state index contributed by atoms with van der Waals surface area (Å²) in [5.74, 6) is -2.18. The summed E-state index contributed by atoms with van der Waals surface area (Å²) >= 11 is 1.58. The molecule has 8 rings (SSSR count). The molecule has 5 heterocycles. The molecule has 4 aliphatic heterocycles. The first-order valence-electron chi connectivity index (χ1n) is 29.1. The van der Waals surface area contributed by atoms with Gasteiger partial charge in [0.1, 0.15) is 18.7 Å². The van der Waals surface area contributed by atoms with Crippen molar-refractivity contribution in [3.8, 4) is 21.6 Å². The predicted octanol–water partition coefficient (Wildman–Crippen LogP) is 6.91. The van der Waals surface area contributed by atoms with Crippen LogP contribution in [0.2, 0.25) is 0 Å². The molecule has 3 aromatic carbocycles. The number of carbonyl (C=O) groups excluding carboxylic acids is 5. The second-order valence-electron chi connectivity index (χ2n) is 23.4. The summed E-state index contributed by atoms with van der Waals surface area (Å²) in [7, 11) is 0. The molecule has 1 aromatic heterocycles. The number of β-amino-alcohol motifs (C(OH)–C–C–N with tert-alkyl or cyclic N) is 1. The maximum atomic E-state index is 14.1. The number of dihydropyridines is 1. The minimum Gasteiger partial charge on any atom is -0.391 e. The fraction of sp³-hybridized carbons (Fsp3) is 0.540. The summed E-state index contributed by atoms with van der Waals surface area (Å²) in [6.45, 7) is 25.7. The van der Waals surface area contributed by atoms with Crippen molar-refractivity contribution in [2.45, 2.75) is 118 Å². The van der Waals surface area contributed by atoms with Crippen molar-refractivity contribution in [2.24, 2.45) is 16.3 Å². The van der Waals surface area contributed by atoms with Gasteiger partial charge in [0.15, 0.2) is 0 Å². The van der Waals surface area contributed by atoms with Gasteiger partial charge < -0.3 is 45.1 Å². The number of aliphatic hydroxyl groups excluding tert-OH is 1. The number of amides is 5. The number of ether oxygens (including phenoxy) is 3. The van der Waals surface area contributed by atoms with E-state index < -0.39 is 41.3 Å². The fourth-order valence-electron chi connectivity index (χ4n) is 11.5. The van der Waals surface area contributed by atoms with Crippen LogP contribution in [0.1, 0.15) is 107 Å². The molecule has 0 spiro atoms. The zero-order chi connectivity index (χ0) is 58.7. The molecular weight excluding hydrogens is 1060 g/mol. The van der Waals surface area contributed by atoms with Crippen molar-refractivity contribution in [1.82, 2.24) is 35.6 Å². The fourth-order valence-corrected chi connectivity index (χ4v) is 12.3. The highest BCUT2D eigenvalue weighted by Gasteiger charge is 2.45. The van der Waals surface area contributed by atoms with Gasteiger partial charge in [0.05, 0.1) is 54.0 Å². The van der Waals surface area contributed by atoms with Crippen LogP contribution in [0.5, 0.6) is 0 Å². The Morgan fingerprint density at radius 3 is 2.22 bits per heavy atom. The van der Waals surface area contributed by atoms with Gasteiger partial charge in [-0.25, -0.2) is 9.98 Å². The summed E-state index contributed by atoms with van der Waals surface area (Å²) in [5, 5.41) is 19.7. The summed E-state index contributed by atoms with van der Waals surface area (Å²) in [5.41, 5.74) is 11.3. The molecule has 4 aromatic rings. The minimum absolute atomic E-state index is 0.0167. The third kappa shape index (κ3) is 15.9. The Morgan fingerprint density at radius 1 is 0.878 bits per heavy atom. The van der Waals surface area contributed by atoms with Gasteiger partial charge in [-0.2, -0.15) is 0 Å². The third-order valence-corrected chi connectivity index (χ3v) is 17.3. The van der Waals surface area contributed by atoms with Crippen molar-refractivity contribution in [1.29, 1.82) is 0 Å². The summed E-state index contributed by atoms with van der Waals surface area (Å²) in [6, 6.07) is 18.9. The molecule has 4 N–H and O–H groups in total. The highest BCUT2D eigenvalue weighted by Crippen LogP contribution is 2.35. The van der Waals surface area contributed by atoms with Gasteiger partial charge in [0.2, 0.25) is 17.7 Å². The monoisotopic (exact) mass is 1140 g/mol. The van der Waals surface area contributed by atoms with Gasteiger partial charge in [0, 0.05) is 102 Å². The maximum absolute atomic E-state index is 14.1. The Hall–Kier alpha value is -6.19. The van der Waals surface area contributed by atoms with Crippen molar-refractivity contribution in [3.05, 3.63) is 106 Å². The number of likely N-dealkylation sites (tertiary alicyclic amines) is 1. The lowest BCUT2D eigenvalue weighted by atomic mass is 9.85. The van der Waals surface area contributed by atoms with E-state index in [-0.39, 0.29) is 56.5 Å². The van der Waals surface area contributed by atoms with Crippen molar-refractivity contribution < 1.29 is 43.3 Å². The average molecular weight is 1140 g/mol. The maximum Gasteiger partial charge on any atom is 0.254 e. The predicted molar refractivity (Wildman–Crippen MR) is 321 cm³/mol. The number of carbonyl (C=O) groups is 5. The van der Waals surface area contributed by atoms with Crippen LogP contribution in [0.15, 0.2) is 82.8 Å². The van der Waals surface area contributed by atoms with Gasteiger partial charge in [-0.3, -0.25) is 33.8 Å². The van der Waals surface area contributed by atoms with E-state index in [0.29, 0.717) is 43.7 Å². The van der Waals surface area contributed by atoms with Crippen LogP contribution in [0, 0.1) is 25.2 Å².